The van der Waals surface area contributed by atoms with Crippen LogP contribution in [0.1, 0.15) is 168 Å². The summed E-state index contributed by atoms with van der Waals surface area (Å²) in [6.07, 6.45) is 33.9. The summed E-state index contributed by atoms with van der Waals surface area (Å²) in [5.41, 5.74) is 0. The molecular weight excluding hydrogens is 700 g/mol. The average Bonchev–Trinajstić information content (AvgIpc) is 3.18. The monoisotopic (exact) mass is 779 g/mol. The van der Waals surface area contributed by atoms with E-state index in [1.165, 1.54) is 44.9 Å². The Balaban J connectivity index is 2.38. The topological polar surface area (TPSA) is 152 Å². The standard InChI is InChI=1S/C45H78O10/c1-3-5-7-9-11-13-15-17-19-21-23-25-27-29-31-33-40(47)52-36-38(37-53-45-44(51)43(50)42(49)39(35-46)55-45)54-41(48)34-32-30-28-26-24-22-20-18-16-14-12-10-8-6-4-2/h11-14,17-20,38-39,42-46,49-51H,3-10,15-16,21-37H2,1-2H3/b13-11-,14-12-,19-17-,20-18-/t38-,39-,42+,43+,44+,45-/m1/s1. The second kappa shape index (κ2) is 36.0. The molecule has 4 N–H and O–H groups in total. The van der Waals surface area contributed by atoms with E-state index >= 15 is 0 Å². The molecule has 0 aromatic heterocycles. The van der Waals surface area contributed by atoms with Crippen molar-refractivity contribution in [2.75, 3.05) is 19.8 Å². The zero-order valence-electron chi connectivity index (χ0n) is 34.4. The van der Waals surface area contributed by atoms with E-state index in [0.29, 0.717) is 12.8 Å². The molecule has 318 valence electrons. The average molecular weight is 779 g/mol. The van der Waals surface area contributed by atoms with Gasteiger partial charge in [0.1, 0.15) is 31.0 Å². The molecule has 1 heterocycles. The lowest BCUT2D eigenvalue weighted by molar-refractivity contribution is -0.305. The van der Waals surface area contributed by atoms with Crippen molar-refractivity contribution < 1.29 is 49.0 Å². The summed E-state index contributed by atoms with van der Waals surface area (Å²) in [5, 5.41) is 40.0. The van der Waals surface area contributed by atoms with Crippen LogP contribution in [0, 0.1) is 0 Å². The number of hydrogen-bond acceptors (Lipinski definition) is 10. The van der Waals surface area contributed by atoms with E-state index < -0.39 is 55.4 Å². The molecule has 1 saturated heterocycles. The number of carbonyl (C=O) groups is 2. The maximum Gasteiger partial charge on any atom is 0.306 e. The second-order valence-corrected chi connectivity index (χ2v) is 14.8. The Hall–Kier alpha value is -2.34. The van der Waals surface area contributed by atoms with Crippen LogP contribution in [0.2, 0.25) is 0 Å². The molecule has 0 aliphatic carbocycles. The molecule has 10 nitrogen and oxygen atoms in total. The number of aliphatic hydroxyl groups excluding tert-OH is 4. The van der Waals surface area contributed by atoms with Gasteiger partial charge in [-0.05, 0) is 77.0 Å². The molecule has 0 unspecified atom stereocenters. The van der Waals surface area contributed by atoms with Crippen LogP contribution in [0.4, 0.5) is 0 Å². The van der Waals surface area contributed by atoms with Gasteiger partial charge in [-0.15, -0.1) is 0 Å². The number of esters is 2. The number of unbranched alkanes of at least 4 members (excludes halogenated alkanes) is 16. The first-order chi connectivity index (χ1) is 26.8. The van der Waals surface area contributed by atoms with Crippen molar-refractivity contribution in [3.05, 3.63) is 48.6 Å². The quantitative estimate of drug-likeness (QED) is 0.0279. The summed E-state index contributed by atoms with van der Waals surface area (Å²) in [6, 6.07) is 0. The summed E-state index contributed by atoms with van der Waals surface area (Å²) in [4.78, 5) is 25.3. The molecule has 0 spiro atoms. The fraction of sp³-hybridized carbons (Fsp3) is 0.778. The molecule has 1 aliphatic heterocycles. The molecule has 1 rings (SSSR count). The SMILES string of the molecule is CCCCC/C=C\C/C=C\CCCCCCCC(=O)OC[C@H](CO[C@@H]1O[C@H](CO)[C@H](O)[C@H](O)[C@@H]1O)OC(=O)CCCCCCC/C=C\C/C=C\CCCCC. The third-order valence-electron chi connectivity index (χ3n) is 9.69. The first-order valence-electron chi connectivity index (χ1n) is 21.7. The van der Waals surface area contributed by atoms with Gasteiger partial charge in [0, 0.05) is 12.8 Å². The minimum Gasteiger partial charge on any atom is -0.462 e. The van der Waals surface area contributed by atoms with Crippen molar-refractivity contribution in [1.82, 2.24) is 0 Å². The summed E-state index contributed by atoms with van der Waals surface area (Å²) >= 11 is 0. The molecule has 6 atom stereocenters. The number of allylic oxidation sites excluding steroid dienone is 8. The van der Waals surface area contributed by atoms with Crippen LogP contribution in [-0.4, -0.2) is 89.0 Å². The Labute approximate surface area is 333 Å². The molecule has 0 radical (unpaired) electrons. The number of rotatable bonds is 35. The predicted molar refractivity (Wildman–Crippen MR) is 219 cm³/mol. The molecule has 0 aromatic carbocycles. The summed E-state index contributed by atoms with van der Waals surface area (Å²) in [7, 11) is 0. The second-order valence-electron chi connectivity index (χ2n) is 14.8. The Kier molecular flexibility index (Phi) is 33.2. The van der Waals surface area contributed by atoms with Gasteiger partial charge in [-0.1, -0.05) is 127 Å². The van der Waals surface area contributed by atoms with Crippen molar-refractivity contribution in [3.8, 4) is 0 Å². The number of ether oxygens (including phenoxy) is 4. The summed E-state index contributed by atoms with van der Waals surface area (Å²) in [6.45, 7) is 3.33. The van der Waals surface area contributed by atoms with Crippen LogP contribution >= 0.6 is 0 Å². The summed E-state index contributed by atoms with van der Waals surface area (Å²) < 4.78 is 22.1. The predicted octanol–water partition coefficient (Wildman–Crippen LogP) is 8.88. The first-order valence-corrected chi connectivity index (χ1v) is 21.7. The van der Waals surface area contributed by atoms with Crippen LogP contribution in [0.3, 0.4) is 0 Å². The van der Waals surface area contributed by atoms with E-state index in [9.17, 15) is 30.0 Å². The van der Waals surface area contributed by atoms with Gasteiger partial charge in [0.05, 0.1) is 13.2 Å². The smallest absolute Gasteiger partial charge is 0.306 e. The molecule has 0 aromatic rings. The van der Waals surface area contributed by atoms with Crippen LogP contribution in [0.5, 0.6) is 0 Å². The number of carbonyl (C=O) groups excluding carboxylic acids is 2. The zero-order chi connectivity index (χ0) is 40.2. The van der Waals surface area contributed by atoms with E-state index in [-0.39, 0.29) is 26.1 Å². The van der Waals surface area contributed by atoms with E-state index in [1.54, 1.807) is 0 Å². The lowest BCUT2D eigenvalue weighted by Gasteiger charge is -2.39. The van der Waals surface area contributed by atoms with Gasteiger partial charge < -0.3 is 39.4 Å². The van der Waals surface area contributed by atoms with Crippen LogP contribution in [-0.2, 0) is 28.5 Å². The normalized spacial score (nSPS) is 21.0. The molecule has 10 heteroatoms. The van der Waals surface area contributed by atoms with Gasteiger partial charge in [-0.25, -0.2) is 0 Å². The van der Waals surface area contributed by atoms with Gasteiger partial charge in [0.15, 0.2) is 12.4 Å². The van der Waals surface area contributed by atoms with Crippen molar-refractivity contribution >= 4 is 11.9 Å². The molecule has 0 amide bonds. The van der Waals surface area contributed by atoms with Gasteiger partial charge in [0.25, 0.3) is 0 Å². The molecule has 1 aliphatic rings. The van der Waals surface area contributed by atoms with Crippen molar-refractivity contribution in [2.24, 2.45) is 0 Å². The third-order valence-corrected chi connectivity index (χ3v) is 9.69. The Bertz CT molecular complexity index is 1040. The number of hydrogen-bond donors (Lipinski definition) is 4. The fourth-order valence-corrected chi connectivity index (χ4v) is 6.19. The van der Waals surface area contributed by atoms with E-state index in [1.807, 2.05) is 0 Å². The highest BCUT2D eigenvalue weighted by Gasteiger charge is 2.44. The molecule has 55 heavy (non-hydrogen) atoms. The van der Waals surface area contributed by atoms with Gasteiger partial charge >= 0.3 is 11.9 Å². The Morgan fingerprint density at radius 1 is 0.564 bits per heavy atom. The lowest BCUT2D eigenvalue weighted by atomic mass is 9.99. The van der Waals surface area contributed by atoms with E-state index in [0.717, 1.165) is 83.5 Å². The lowest BCUT2D eigenvalue weighted by Crippen LogP contribution is -2.59. The van der Waals surface area contributed by atoms with E-state index in [2.05, 4.69) is 62.5 Å². The highest BCUT2D eigenvalue weighted by Crippen LogP contribution is 2.22. The van der Waals surface area contributed by atoms with Crippen molar-refractivity contribution in [3.63, 3.8) is 0 Å². The van der Waals surface area contributed by atoms with Crippen LogP contribution in [0.15, 0.2) is 48.6 Å². The van der Waals surface area contributed by atoms with Gasteiger partial charge in [-0.3, -0.25) is 9.59 Å². The summed E-state index contributed by atoms with van der Waals surface area (Å²) in [5.74, 6) is -0.842. The van der Waals surface area contributed by atoms with E-state index in [4.69, 9.17) is 18.9 Å². The fourth-order valence-electron chi connectivity index (χ4n) is 6.19. The highest BCUT2D eigenvalue weighted by atomic mass is 16.7. The Morgan fingerprint density at radius 3 is 1.51 bits per heavy atom. The number of aliphatic hydroxyl groups is 4. The van der Waals surface area contributed by atoms with Crippen molar-refractivity contribution in [1.29, 1.82) is 0 Å². The minimum atomic E-state index is -1.60. The molecular formula is C45H78O10. The first kappa shape index (κ1) is 50.7. The maximum absolute atomic E-state index is 12.7. The zero-order valence-corrected chi connectivity index (χ0v) is 34.4. The molecule has 0 bridgehead atoms. The third kappa shape index (κ3) is 27.8. The Morgan fingerprint density at radius 2 is 1.02 bits per heavy atom. The maximum atomic E-state index is 12.7. The molecule has 1 fully saturated rings. The van der Waals surface area contributed by atoms with Crippen molar-refractivity contribution in [2.45, 2.75) is 205 Å². The van der Waals surface area contributed by atoms with Gasteiger partial charge in [0.2, 0.25) is 0 Å². The molecule has 0 saturated carbocycles. The van der Waals surface area contributed by atoms with Crippen LogP contribution < -0.4 is 0 Å². The largest absolute Gasteiger partial charge is 0.462 e. The minimum absolute atomic E-state index is 0.209. The van der Waals surface area contributed by atoms with Gasteiger partial charge in [-0.2, -0.15) is 0 Å². The van der Waals surface area contributed by atoms with Crippen LogP contribution in [0.25, 0.3) is 0 Å². The highest BCUT2D eigenvalue weighted by molar-refractivity contribution is 5.70.